The second kappa shape index (κ2) is 42.5. The number of quaternary nitrogens is 1. The number of phosphoric acid groups is 1. The minimum atomic E-state index is -4.59. The van der Waals surface area contributed by atoms with Crippen molar-refractivity contribution in [2.45, 2.75) is 264 Å². The smallest absolute Gasteiger partial charge is 0.268 e. The number of hydrogen-bond donors (Lipinski definition) is 2. The van der Waals surface area contributed by atoms with Gasteiger partial charge < -0.3 is 28.8 Å². The highest BCUT2D eigenvalue weighted by Crippen LogP contribution is 2.38. The van der Waals surface area contributed by atoms with Crippen molar-refractivity contribution in [3.63, 3.8) is 0 Å². The molecule has 9 heteroatoms. The summed E-state index contributed by atoms with van der Waals surface area (Å²) in [6.07, 6.45) is 49.8. The van der Waals surface area contributed by atoms with E-state index in [-0.39, 0.29) is 19.1 Å². The highest BCUT2D eigenvalue weighted by molar-refractivity contribution is 7.45. The molecular weight excluding hydrogens is 756 g/mol. The van der Waals surface area contributed by atoms with Crippen LogP contribution in [0.4, 0.5) is 0 Å². The zero-order valence-electron chi connectivity index (χ0n) is 40.0. The Morgan fingerprint density at radius 1 is 0.576 bits per heavy atom. The molecule has 0 bridgehead atoms. The molecule has 0 aromatic heterocycles. The fourth-order valence-electron chi connectivity index (χ4n) is 7.68. The number of aliphatic hydroxyl groups excluding tert-OH is 1. The predicted octanol–water partition coefficient (Wildman–Crippen LogP) is 14.1. The molecule has 0 saturated carbocycles. The summed E-state index contributed by atoms with van der Waals surface area (Å²) >= 11 is 0. The van der Waals surface area contributed by atoms with Crippen molar-refractivity contribution < 1.29 is 32.9 Å². The number of amides is 1. The molecule has 0 aromatic carbocycles. The van der Waals surface area contributed by atoms with Crippen molar-refractivity contribution in [3.05, 3.63) is 12.2 Å². The van der Waals surface area contributed by atoms with Gasteiger partial charge in [-0.3, -0.25) is 9.36 Å². The zero-order chi connectivity index (χ0) is 43.6. The van der Waals surface area contributed by atoms with Gasteiger partial charge in [0.2, 0.25) is 5.91 Å². The van der Waals surface area contributed by atoms with Crippen molar-refractivity contribution in [2.24, 2.45) is 0 Å². The molecule has 2 N–H and O–H groups in total. The summed E-state index contributed by atoms with van der Waals surface area (Å²) in [5.41, 5.74) is 0. The fourth-order valence-corrected chi connectivity index (χ4v) is 8.41. The van der Waals surface area contributed by atoms with Crippen molar-refractivity contribution in [1.29, 1.82) is 0 Å². The third-order valence-electron chi connectivity index (χ3n) is 11.7. The third-order valence-corrected chi connectivity index (χ3v) is 12.7. The molecule has 0 spiro atoms. The number of carbonyl (C=O) groups excluding carboxylic acids is 1. The van der Waals surface area contributed by atoms with Gasteiger partial charge in [0.05, 0.1) is 39.9 Å². The van der Waals surface area contributed by atoms with Gasteiger partial charge in [-0.05, 0) is 19.3 Å². The number of rotatable bonds is 47. The molecule has 0 saturated heterocycles. The summed E-state index contributed by atoms with van der Waals surface area (Å²) in [7, 11) is 1.27. The van der Waals surface area contributed by atoms with Gasteiger partial charge in [-0.1, -0.05) is 238 Å². The van der Waals surface area contributed by atoms with E-state index in [0.29, 0.717) is 17.4 Å². The molecular formula is C50H101N2O6P. The van der Waals surface area contributed by atoms with Gasteiger partial charge in [-0.2, -0.15) is 0 Å². The number of carbonyl (C=O) groups is 1. The lowest BCUT2D eigenvalue weighted by molar-refractivity contribution is -0.870. The lowest BCUT2D eigenvalue weighted by Crippen LogP contribution is -2.45. The van der Waals surface area contributed by atoms with Crippen LogP contribution in [0, 0.1) is 0 Å². The second-order valence-corrected chi connectivity index (χ2v) is 20.3. The van der Waals surface area contributed by atoms with E-state index in [0.717, 1.165) is 38.5 Å². The summed E-state index contributed by atoms with van der Waals surface area (Å²) in [6, 6.07) is -0.880. The van der Waals surface area contributed by atoms with Crippen LogP contribution in [0.25, 0.3) is 0 Å². The monoisotopic (exact) mass is 857 g/mol. The van der Waals surface area contributed by atoms with Crippen molar-refractivity contribution in [3.8, 4) is 0 Å². The number of nitrogens with one attached hydrogen (secondary N) is 1. The Morgan fingerprint density at radius 2 is 0.915 bits per heavy atom. The van der Waals surface area contributed by atoms with Crippen LogP contribution in [0.1, 0.15) is 251 Å². The maximum atomic E-state index is 12.9. The van der Waals surface area contributed by atoms with E-state index in [1.165, 1.54) is 193 Å². The Bertz CT molecular complexity index is 974. The van der Waals surface area contributed by atoms with Gasteiger partial charge in [-0.25, -0.2) is 0 Å². The minimum absolute atomic E-state index is 0.00241. The van der Waals surface area contributed by atoms with Crippen LogP contribution in [0.5, 0.6) is 0 Å². The summed E-state index contributed by atoms with van der Waals surface area (Å²) < 4.78 is 23.3. The molecule has 0 heterocycles. The molecule has 0 aromatic rings. The van der Waals surface area contributed by atoms with E-state index in [1.54, 1.807) is 6.08 Å². The molecule has 0 radical (unpaired) electrons. The van der Waals surface area contributed by atoms with Gasteiger partial charge in [-0.15, -0.1) is 0 Å². The SMILES string of the molecule is CCCCCCCCCCCCCCCC/C=C/[C@@H](O)[C@H](COP(=O)([O-])OCC[N+](C)(C)C)NC(=O)CCCCCCCCCCCCCCCCCCCCCCC. The molecule has 1 amide bonds. The Hall–Kier alpha value is -0.760. The first kappa shape index (κ1) is 58.2. The molecule has 0 aliphatic carbocycles. The topological polar surface area (TPSA) is 108 Å². The third kappa shape index (κ3) is 45.1. The van der Waals surface area contributed by atoms with E-state index in [2.05, 4.69) is 19.2 Å². The van der Waals surface area contributed by atoms with Crippen molar-refractivity contribution in [1.82, 2.24) is 5.32 Å². The molecule has 0 rings (SSSR count). The minimum Gasteiger partial charge on any atom is -0.756 e. The maximum Gasteiger partial charge on any atom is 0.268 e. The Balaban J connectivity index is 4.26. The number of hydrogen-bond acceptors (Lipinski definition) is 6. The lowest BCUT2D eigenvalue weighted by Gasteiger charge is -2.29. The molecule has 0 fully saturated rings. The van der Waals surface area contributed by atoms with E-state index in [1.807, 2.05) is 27.2 Å². The zero-order valence-corrected chi connectivity index (χ0v) is 40.9. The molecule has 1 unspecified atom stereocenters. The Morgan fingerprint density at radius 3 is 1.27 bits per heavy atom. The van der Waals surface area contributed by atoms with Crippen LogP contribution < -0.4 is 10.2 Å². The van der Waals surface area contributed by atoms with Gasteiger partial charge in [0.1, 0.15) is 13.2 Å². The molecule has 8 nitrogen and oxygen atoms in total. The predicted molar refractivity (Wildman–Crippen MR) is 252 cm³/mol. The highest BCUT2D eigenvalue weighted by Gasteiger charge is 2.23. The average Bonchev–Trinajstić information content (AvgIpc) is 3.19. The first-order valence-electron chi connectivity index (χ1n) is 25.6. The van der Waals surface area contributed by atoms with E-state index in [4.69, 9.17) is 9.05 Å². The largest absolute Gasteiger partial charge is 0.756 e. The fraction of sp³-hybridized carbons (Fsp3) is 0.940. The molecule has 0 aliphatic heterocycles. The molecule has 0 aliphatic rings. The first-order valence-corrected chi connectivity index (χ1v) is 27.0. The van der Waals surface area contributed by atoms with Gasteiger partial charge >= 0.3 is 0 Å². The van der Waals surface area contributed by atoms with Crippen molar-refractivity contribution >= 4 is 13.7 Å². The van der Waals surface area contributed by atoms with Crippen LogP contribution in [0.15, 0.2) is 12.2 Å². The van der Waals surface area contributed by atoms with Crippen LogP contribution >= 0.6 is 7.82 Å². The number of allylic oxidation sites excluding steroid dienone is 1. The quantitative estimate of drug-likeness (QED) is 0.0273. The van der Waals surface area contributed by atoms with Crippen LogP contribution in [0.3, 0.4) is 0 Å². The second-order valence-electron chi connectivity index (χ2n) is 18.9. The first-order chi connectivity index (χ1) is 28.5. The average molecular weight is 857 g/mol. The molecule has 3 atom stereocenters. The van der Waals surface area contributed by atoms with Crippen LogP contribution in [-0.2, 0) is 18.4 Å². The molecule has 59 heavy (non-hydrogen) atoms. The van der Waals surface area contributed by atoms with E-state index in [9.17, 15) is 19.4 Å². The summed E-state index contributed by atoms with van der Waals surface area (Å²) in [6.45, 7) is 4.68. The van der Waals surface area contributed by atoms with E-state index >= 15 is 0 Å². The number of phosphoric ester groups is 1. The highest BCUT2D eigenvalue weighted by atomic mass is 31.2. The maximum absolute atomic E-state index is 12.9. The number of nitrogens with zero attached hydrogens (tertiary/aromatic N) is 1. The Kier molecular flexibility index (Phi) is 42.0. The lowest BCUT2D eigenvalue weighted by atomic mass is 10.0. The number of likely N-dealkylation sites (N-methyl/N-ethyl adjacent to an activating group) is 1. The Labute approximate surface area is 367 Å². The molecule has 352 valence electrons. The van der Waals surface area contributed by atoms with Crippen LogP contribution in [-0.4, -0.2) is 68.5 Å². The standard InChI is InChI=1S/C50H101N2O6P/c1-6-8-10-12-14-16-18-20-22-24-25-26-27-28-30-32-34-36-38-40-42-44-50(54)51-48(47-58-59(55,56)57-46-45-52(3,4)5)49(53)43-41-39-37-35-33-31-29-23-21-19-17-15-13-11-9-7-2/h41,43,48-49,53H,6-40,42,44-47H2,1-5H3,(H-,51,54,55,56)/b43-41+/t48-,49+/m0/s1. The summed E-state index contributed by atoms with van der Waals surface area (Å²) in [4.78, 5) is 25.4. The van der Waals surface area contributed by atoms with Gasteiger partial charge in [0.15, 0.2) is 0 Å². The summed E-state index contributed by atoms with van der Waals surface area (Å²) in [5, 5.41) is 13.8. The van der Waals surface area contributed by atoms with Crippen LogP contribution in [0.2, 0.25) is 0 Å². The van der Waals surface area contributed by atoms with Gasteiger partial charge in [0.25, 0.3) is 7.82 Å². The van der Waals surface area contributed by atoms with E-state index < -0.39 is 20.0 Å². The van der Waals surface area contributed by atoms with Gasteiger partial charge in [0, 0.05) is 6.42 Å². The normalized spacial score (nSPS) is 14.2. The number of aliphatic hydroxyl groups is 1. The number of unbranched alkanes of at least 4 members (excludes halogenated alkanes) is 34. The summed E-state index contributed by atoms with van der Waals surface area (Å²) in [5.74, 6) is -0.192. The van der Waals surface area contributed by atoms with Crippen molar-refractivity contribution in [2.75, 3.05) is 40.9 Å².